The maximum atomic E-state index is 15.4. The van der Waals surface area contributed by atoms with E-state index >= 15 is 4.39 Å². The number of halogens is 1. The van der Waals surface area contributed by atoms with Crippen LogP contribution in [-0.4, -0.2) is 88.3 Å². The summed E-state index contributed by atoms with van der Waals surface area (Å²) in [6.45, 7) is 7.44. The minimum absolute atomic E-state index is 0.0453. The number of carbonyl (C=O) groups excluding carboxylic acids is 1. The number of benzene rings is 2. The van der Waals surface area contributed by atoms with Crippen LogP contribution in [0.25, 0.3) is 16.6 Å². The number of hydrogen-bond donors (Lipinski definition) is 1. The molecule has 1 aliphatic heterocycles. The van der Waals surface area contributed by atoms with Crippen molar-refractivity contribution in [3.05, 3.63) is 94.8 Å². The Labute approximate surface area is 277 Å². The first-order valence-electron chi connectivity index (χ1n) is 15.7. The highest BCUT2D eigenvalue weighted by molar-refractivity contribution is 6.04. The zero-order chi connectivity index (χ0) is 33.8. The van der Waals surface area contributed by atoms with Gasteiger partial charge in [-0.2, -0.15) is 0 Å². The van der Waals surface area contributed by atoms with E-state index in [0.717, 1.165) is 39.1 Å². The molecule has 2 aromatic carbocycles. The standard InChI is InChI=1S/C35H38FN7O5/c1-23-33(41(3)35(45)43(23)25-8-11-37-12-9-25)34(44)39-24-6-7-30(27(36)20-24)48-29-10-13-38-28-22-32(31(46-4)21-26(28)29)47-19-5-14-42-17-15-40(2)16-18-42/h6-13,20-22H,5,14-19H2,1-4H3,(H,39,44). The number of piperazine rings is 1. The Bertz CT molecular complexity index is 1990. The average molecular weight is 656 g/mol. The number of nitrogens with one attached hydrogen (secondary N) is 1. The summed E-state index contributed by atoms with van der Waals surface area (Å²) in [5, 5.41) is 3.31. The molecule has 0 radical (unpaired) electrons. The molecular formula is C35H38FN7O5. The molecule has 0 saturated carbocycles. The van der Waals surface area contributed by atoms with E-state index in [1.54, 1.807) is 63.0 Å². The number of carbonyl (C=O) groups is 1. The highest BCUT2D eigenvalue weighted by Gasteiger charge is 2.22. The molecule has 0 aliphatic carbocycles. The lowest BCUT2D eigenvalue weighted by Gasteiger charge is -2.32. The minimum Gasteiger partial charge on any atom is -0.493 e. The van der Waals surface area contributed by atoms with Crippen molar-refractivity contribution in [2.75, 3.05) is 58.8 Å². The Morgan fingerprint density at radius 1 is 0.938 bits per heavy atom. The van der Waals surface area contributed by atoms with E-state index in [1.165, 1.54) is 34.4 Å². The molecule has 1 fully saturated rings. The van der Waals surface area contributed by atoms with Crippen molar-refractivity contribution in [3.63, 3.8) is 0 Å². The van der Waals surface area contributed by atoms with E-state index in [4.69, 9.17) is 14.2 Å². The van der Waals surface area contributed by atoms with Gasteiger partial charge in [0.1, 0.15) is 11.4 Å². The summed E-state index contributed by atoms with van der Waals surface area (Å²) in [6.07, 6.45) is 5.59. The summed E-state index contributed by atoms with van der Waals surface area (Å²) < 4.78 is 35.7. The first-order valence-corrected chi connectivity index (χ1v) is 15.7. The summed E-state index contributed by atoms with van der Waals surface area (Å²) in [5.74, 6) is 0.168. The molecule has 48 heavy (non-hydrogen) atoms. The van der Waals surface area contributed by atoms with Crippen molar-refractivity contribution in [3.8, 4) is 28.7 Å². The van der Waals surface area contributed by atoms with Gasteiger partial charge in [-0.15, -0.1) is 0 Å². The summed E-state index contributed by atoms with van der Waals surface area (Å²) in [7, 11) is 5.22. The van der Waals surface area contributed by atoms with Gasteiger partial charge >= 0.3 is 5.69 Å². The van der Waals surface area contributed by atoms with Crippen LogP contribution >= 0.6 is 0 Å². The first-order chi connectivity index (χ1) is 23.2. The number of aromatic nitrogens is 4. The van der Waals surface area contributed by atoms with Crippen LogP contribution in [0.1, 0.15) is 22.6 Å². The Morgan fingerprint density at radius 3 is 2.44 bits per heavy atom. The quantitative estimate of drug-likeness (QED) is 0.203. The van der Waals surface area contributed by atoms with Crippen molar-refractivity contribution >= 4 is 22.5 Å². The van der Waals surface area contributed by atoms with Crippen molar-refractivity contribution in [2.24, 2.45) is 7.05 Å². The zero-order valence-electron chi connectivity index (χ0n) is 27.4. The van der Waals surface area contributed by atoms with Crippen LogP contribution < -0.4 is 25.2 Å². The molecule has 0 bridgehead atoms. The molecule has 3 aromatic heterocycles. The SMILES string of the molecule is COc1cc2c(Oc3ccc(NC(=O)c4c(C)n(-c5ccncc5)c(=O)n4C)cc3F)ccnc2cc1OCCCN1CCN(C)CC1. The van der Waals surface area contributed by atoms with Crippen LogP contribution in [0.3, 0.4) is 0 Å². The summed E-state index contributed by atoms with van der Waals surface area (Å²) in [5.41, 5.74) is 1.57. The number of rotatable bonds is 11. The number of hydrogen-bond acceptors (Lipinski definition) is 9. The lowest BCUT2D eigenvalue weighted by molar-refractivity contribution is 0.101. The van der Waals surface area contributed by atoms with Gasteiger partial charge in [0.2, 0.25) is 0 Å². The van der Waals surface area contributed by atoms with E-state index < -0.39 is 11.7 Å². The molecule has 6 rings (SSSR count). The average Bonchev–Trinajstić information content (AvgIpc) is 3.31. The molecule has 1 amide bonds. The van der Waals surface area contributed by atoms with E-state index in [9.17, 15) is 9.59 Å². The van der Waals surface area contributed by atoms with Crippen LogP contribution in [0.4, 0.5) is 10.1 Å². The van der Waals surface area contributed by atoms with Gasteiger partial charge in [-0.05, 0) is 56.8 Å². The normalized spacial score (nSPS) is 13.9. The predicted molar refractivity (Wildman–Crippen MR) is 180 cm³/mol. The highest BCUT2D eigenvalue weighted by Crippen LogP contribution is 2.38. The molecule has 5 aromatic rings. The third kappa shape index (κ3) is 6.87. The number of methoxy groups -OCH3 is 1. The second kappa shape index (κ2) is 14.2. The zero-order valence-corrected chi connectivity index (χ0v) is 27.4. The van der Waals surface area contributed by atoms with Gasteiger partial charge in [0.25, 0.3) is 5.91 Å². The van der Waals surface area contributed by atoms with Gasteiger partial charge in [0.05, 0.1) is 30.6 Å². The monoisotopic (exact) mass is 655 g/mol. The summed E-state index contributed by atoms with van der Waals surface area (Å²) >= 11 is 0. The van der Waals surface area contributed by atoms with E-state index in [1.807, 2.05) is 0 Å². The molecule has 12 nitrogen and oxygen atoms in total. The van der Waals surface area contributed by atoms with E-state index in [2.05, 4.69) is 32.1 Å². The van der Waals surface area contributed by atoms with Crippen LogP contribution in [0.5, 0.6) is 23.0 Å². The Kier molecular flexibility index (Phi) is 9.69. The molecule has 4 heterocycles. The summed E-state index contributed by atoms with van der Waals surface area (Å²) in [6, 6.07) is 12.7. The Hall–Kier alpha value is -5.27. The van der Waals surface area contributed by atoms with Crippen molar-refractivity contribution in [1.82, 2.24) is 28.9 Å². The molecule has 13 heteroatoms. The van der Waals surface area contributed by atoms with Crippen LogP contribution in [0.15, 0.2) is 71.9 Å². The highest BCUT2D eigenvalue weighted by atomic mass is 19.1. The van der Waals surface area contributed by atoms with Crippen molar-refractivity contribution in [1.29, 1.82) is 0 Å². The number of pyridine rings is 2. The number of imidazole rings is 1. The van der Waals surface area contributed by atoms with Gasteiger partial charge in [-0.25, -0.2) is 9.18 Å². The van der Waals surface area contributed by atoms with Gasteiger partial charge in [0.15, 0.2) is 23.1 Å². The van der Waals surface area contributed by atoms with Crippen LogP contribution in [-0.2, 0) is 7.05 Å². The summed E-state index contributed by atoms with van der Waals surface area (Å²) in [4.78, 5) is 39.4. The minimum atomic E-state index is -0.690. The number of likely N-dealkylation sites (N-methyl/N-ethyl adjacent to an activating group) is 1. The molecule has 1 N–H and O–H groups in total. The van der Waals surface area contributed by atoms with Crippen LogP contribution in [0.2, 0.25) is 0 Å². The second-order valence-electron chi connectivity index (χ2n) is 11.7. The maximum Gasteiger partial charge on any atom is 0.333 e. The van der Waals surface area contributed by atoms with Crippen molar-refractivity contribution in [2.45, 2.75) is 13.3 Å². The largest absolute Gasteiger partial charge is 0.493 e. The molecule has 250 valence electrons. The van der Waals surface area contributed by atoms with Gasteiger partial charge in [0, 0.05) is 81.6 Å². The molecule has 1 saturated heterocycles. The molecule has 0 unspecified atom stereocenters. The number of nitrogens with zero attached hydrogens (tertiary/aromatic N) is 6. The van der Waals surface area contributed by atoms with Gasteiger partial charge < -0.3 is 29.3 Å². The lowest BCUT2D eigenvalue weighted by atomic mass is 10.1. The Balaban J connectivity index is 1.15. The fourth-order valence-electron chi connectivity index (χ4n) is 5.85. The third-order valence-corrected chi connectivity index (χ3v) is 8.50. The number of fused-ring (bicyclic) bond motifs is 1. The predicted octanol–water partition coefficient (Wildman–Crippen LogP) is 4.64. The fourth-order valence-corrected chi connectivity index (χ4v) is 5.85. The second-order valence-corrected chi connectivity index (χ2v) is 11.7. The molecule has 1 aliphatic rings. The first kappa shape index (κ1) is 32.7. The number of ether oxygens (including phenoxy) is 3. The smallest absolute Gasteiger partial charge is 0.333 e. The third-order valence-electron chi connectivity index (χ3n) is 8.50. The maximum absolute atomic E-state index is 15.4. The topological polar surface area (TPSA) is 116 Å². The van der Waals surface area contributed by atoms with E-state index in [0.29, 0.717) is 46.1 Å². The lowest BCUT2D eigenvalue weighted by Crippen LogP contribution is -2.44. The van der Waals surface area contributed by atoms with Gasteiger partial charge in [-0.3, -0.25) is 23.9 Å². The van der Waals surface area contributed by atoms with Crippen LogP contribution in [0, 0.1) is 12.7 Å². The molecular weight excluding hydrogens is 617 g/mol. The number of amides is 1. The van der Waals surface area contributed by atoms with Gasteiger partial charge in [-0.1, -0.05) is 0 Å². The number of anilines is 1. The molecule has 0 atom stereocenters. The molecule has 0 spiro atoms. The van der Waals surface area contributed by atoms with Crippen molar-refractivity contribution < 1.29 is 23.4 Å². The Morgan fingerprint density at radius 2 is 1.71 bits per heavy atom. The fraction of sp³-hybridized carbons (Fsp3) is 0.314. The van der Waals surface area contributed by atoms with E-state index in [-0.39, 0.29) is 22.8 Å².